The van der Waals surface area contributed by atoms with Crippen LogP contribution in [0.25, 0.3) is 0 Å². The lowest BCUT2D eigenvalue weighted by molar-refractivity contribution is -0.137. The van der Waals surface area contributed by atoms with Gasteiger partial charge in [-0.05, 0) is 267 Å². The van der Waals surface area contributed by atoms with Crippen LogP contribution in [0, 0.1) is 62.3 Å². The van der Waals surface area contributed by atoms with Crippen LogP contribution in [0.1, 0.15) is 292 Å². The molecular weight excluding hydrogens is 1600 g/mol. The van der Waals surface area contributed by atoms with Crippen LogP contribution in [-0.2, 0) is 49.5 Å². The molecule has 8 aromatic carbocycles. The van der Waals surface area contributed by atoms with Crippen LogP contribution in [-0.4, -0.2) is 0 Å². The Labute approximate surface area is 675 Å². The van der Waals surface area contributed by atoms with Gasteiger partial charge in [-0.2, -0.15) is 13.2 Å². The minimum atomic E-state index is -4.26. The van der Waals surface area contributed by atoms with Crippen molar-refractivity contribution in [2.75, 3.05) is 0 Å². The van der Waals surface area contributed by atoms with Crippen molar-refractivity contribution in [3.05, 3.63) is 272 Å². The third kappa shape index (κ3) is 33.0. The smallest absolute Gasteiger partial charge is 0.166 e. The summed E-state index contributed by atoms with van der Waals surface area (Å²) in [5.74, 6) is 0.579. The topological polar surface area (TPSA) is 0 Å². The molecule has 0 radical (unpaired) electrons. The molecule has 0 atom stereocenters. The highest BCUT2D eigenvalue weighted by Gasteiger charge is 2.32. The van der Waals surface area contributed by atoms with E-state index in [2.05, 4.69) is 362 Å². The minimum Gasteiger partial charge on any atom is -0.166 e. The van der Waals surface area contributed by atoms with Crippen molar-refractivity contribution in [3.8, 4) is 0 Å². The summed E-state index contributed by atoms with van der Waals surface area (Å²) in [4.78, 5) is 0. The second kappa shape index (κ2) is 39.6. The molecule has 8 rings (SSSR count). The largest absolute Gasteiger partial charge is 0.416 e. The van der Waals surface area contributed by atoms with Crippen molar-refractivity contribution in [2.45, 2.75) is 298 Å². The summed E-state index contributed by atoms with van der Waals surface area (Å²) in [5.41, 5.74) is 23.7. The number of aryl methyl sites for hydroxylation is 9. The van der Waals surface area contributed by atoms with E-state index in [1.54, 1.807) is 19.1 Å². The fraction of sp³-hybridized carbons (Fsp3) is 0.484. The molecule has 0 aliphatic carbocycles. The van der Waals surface area contributed by atoms with Gasteiger partial charge >= 0.3 is 6.18 Å². The number of hydrogen-bond acceptors (Lipinski definition) is 0. The van der Waals surface area contributed by atoms with E-state index in [4.69, 9.17) is 34.8 Å². The second-order valence-corrected chi connectivity index (χ2v) is 40.9. The molecule has 570 valence electrons. The van der Waals surface area contributed by atoms with Gasteiger partial charge in [-0.1, -0.05) is 357 Å². The molecule has 8 aromatic rings. The van der Waals surface area contributed by atoms with Gasteiger partial charge in [0.05, 0.1) is 5.56 Å². The quantitative estimate of drug-likeness (QED) is 0.154. The number of hydrogen-bond donors (Lipinski definition) is 0. The van der Waals surface area contributed by atoms with Gasteiger partial charge in [0.15, 0.2) is 0 Å². The van der Waals surface area contributed by atoms with Gasteiger partial charge in [0.25, 0.3) is 0 Å². The molecule has 0 saturated carbocycles. The van der Waals surface area contributed by atoms with E-state index >= 15 is 0 Å². The average Bonchev–Trinajstić information content (AvgIpc) is 0.809. The number of alkyl halides is 3. The van der Waals surface area contributed by atoms with Crippen LogP contribution in [0.15, 0.2) is 151 Å². The summed E-state index contributed by atoms with van der Waals surface area (Å²) in [6.45, 7) is 75.8. The zero-order valence-electron chi connectivity index (χ0n) is 69.6. The first-order valence-corrected chi connectivity index (χ1v) is 40.1. The molecule has 103 heavy (non-hydrogen) atoms. The Morgan fingerprint density at radius 3 is 0.951 bits per heavy atom. The Bertz CT molecular complexity index is 3680. The average molecular weight is 1730 g/mol. The van der Waals surface area contributed by atoms with E-state index in [1.165, 1.54) is 109 Å². The summed E-state index contributed by atoms with van der Waals surface area (Å²) in [5, 5.41) is 2.34. The first kappa shape index (κ1) is 97.4. The van der Waals surface area contributed by atoms with E-state index in [9.17, 15) is 13.2 Å². The first-order chi connectivity index (χ1) is 46.3. The van der Waals surface area contributed by atoms with Gasteiger partial charge in [-0.25, -0.2) is 0 Å². The molecule has 0 nitrogen and oxygen atoms in total. The maximum absolute atomic E-state index is 12.5. The van der Waals surface area contributed by atoms with Crippen molar-refractivity contribution in [2.24, 2.45) is 0 Å². The van der Waals surface area contributed by atoms with Crippen LogP contribution in [0.4, 0.5) is 13.2 Å². The Kier molecular flexibility index (Phi) is 37.5. The summed E-state index contributed by atoms with van der Waals surface area (Å²) in [7, 11) is 0. The molecule has 0 amide bonds. The summed E-state index contributed by atoms with van der Waals surface area (Å²) in [6, 6.07) is 44.3. The van der Waals surface area contributed by atoms with Gasteiger partial charge in [-0.15, -0.1) is 0 Å². The van der Waals surface area contributed by atoms with E-state index in [0.29, 0.717) is 16.5 Å². The van der Waals surface area contributed by atoms with Gasteiger partial charge < -0.3 is 0 Å². The standard InChI is InChI=1S/C14H21Br.C12H17Br.C12H15F3.C11H14Br2.C11H14Cl2.C11H15Cl.2C11H16/c1-9(2)12-8-11(15)7-10(3)13(12)14(4,5)6;1-8-6-9(2)11(10(13)7-8)12(3,4)5;1-8-5-9(11(2,3)4)7-10(6-8)12(13,14)15;2*1-7-5-8(12)6-9(13)10(7)11(2,3)4;1-8-6-5-7-9(12)10(8)11(2,3)4;2*1-9-7-5-6-8-10(9)11(2,3)4/h7-9H,1-6H3;6-7H,1-5H3;5-7H,1-4H3;2*5-6H,1-4H3;5-7H,1-4H3;2*5-8H,1-4H3. The van der Waals surface area contributed by atoms with Gasteiger partial charge in [0.1, 0.15) is 0 Å². The third-order valence-corrected chi connectivity index (χ3v) is 20.0. The Morgan fingerprint density at radius 2 is 0.631 bits per heavy atom. The fourth-order valence-electron chi connectivity index (χ4n) is 13.2. The second-order valence-electron chi connectivity index (χ2n) is 36.1. The maximum atomic E-state index is 12.5. The fourth-order valence-corrected chi connectivity index (χ4v) is 18.5. The Balaban J connectivity index is 0.000000590. The minimum absolute atomic E-state index is 0.0752. The maximum Gasteiger partial charge on any atom is 0.416 e. The SMILES string of the molecule is Cc1cc(Br)cc(Br)c1C(C)(C)C.Cc1cc(Br)cc(C(C)C)c1C(C)(C)C.Cc1cc(C(C)(C)C)cc(C(F)(F)F)c1.Cc1cc(C)c(C(C)(C)C)c(Br)c1.Cc1cc(Cl)cc(Cl)c1C(C)(C)C.Cc1cccc(Cl)c1C(C)(C)C.Cc1ccccc1C(C)(C)C.Cc1ccccc1C(C)(C)C. The number of halogens is 10. The Hall–Kier alpha value is -3.66. The third-order valence-electron chi connectivity index (χ3n) is 17.0. The van der Waals surface area contributed by atoms with Crippen molar-refractivity contribution in [3.63, 3.8) is 0 Å². The lowest BCUT2D eigenvalue weighted by atomic mass is 9.78. The van der Waals surface area contributed by atoms with Crippen molar-refractivity contribution < 1.29 is 13.2 Å². The van der Waals surface area contributed by atoms with Crippen LogP contribution < -0.4 is 0 Å². The lowest BCUT2D eigenvalue weighted by Crippen LogP contribution is -2.17. The highest BCUT2D eigenvalue weighted by atomic mass is 79.9. The number of rotatable bonds is 1. The van der Waals surface area contributed by atoms with Crippen molar-refractivity contribution in [1.29, 1.82) is 0 Å². The predicted octanol–water partition coefficient (Wildman–Crippen LogP) is 33.8. The van der Waals surface area contributed by atoms with Crippen LogP contribution >= 0.6 is 98.5 Å². The molecule has 0 fully saturated rings. The van der Waals surface area contributed by atoms with E-state index in [0.717, 1.165) is 25.6 Å². The Morgan fingerprint density at radius 1 is 0.291 bits per heavy atom. The molecule has 0 aliphatic heterocycles. The molecule has 0 heterocycles. The first-order valence-electron chi connectivity index (χ1n) is 35.8. The van der Waals surface area contributed by atoms with Gasteiger partial charge in [-0.3, -0.25) is 0 Å². The van der Waals surface area contributed by atoms with Gasteiger partial charge in [0, 0.05) is 33.0 Å². The highest BCUT2D eigenvalue weighted by molar-refractivity contribution is 9.11. The molecule has 10 heteroatoms. The van der Waals surface area contributed by atoms with E-state index in [-0.39, 0.29) is 43.3 Å². The van der Waals surface area contributed by atoms with E-state index in [1.807, 2.05) is 45.9 Å². The number of benzene rings is 8. The van der Waals surface area contributed by atoms with Crippen LogP contribution in [0.3, 0.4) is 0 Å². The molecule has 0 unspecified atom stereocenters. The normalized spacial score (nSPS) is 12.0. The summed E-state index contributed by atoms with van der Waals surface area (Å²) >= 11 is 32.4. The molecule has 0 saturated heterocycles. The monoisotopic (exact) mass is 1720 g/mol. The lowest BCUT2D eigenvalue weighted by Gasteiger charge is -2.27. The molecule has 0 aromatic heterocycles. The molecule has 0 aliphatic rings. The highest BCUT2D eigenvalue weighted by Crippen LogP contribution is 2.40. The summed E-state index contributed by atoms with van der Waals surface area (Å²) < 4.78 is 42.3. The van der Waals surface area contributed by atoms with E-state index < -0.39 is 11.7 Å². The molecular formula is C93H128Br4Cl3F3. The zero-order valence-corrected chi connectivity index (χ0v) is 78.2. The van der Waals surface area contributed by atoms with Gasteiger partial charge in [0.2, 0.25) is 0 Å². The molecule has 0 N–H and O–H groups in total. The van der Waals surface area contributed by atoms with Crippen LogP contribution in [0.5, 0.6) is 0 Å². The van der Waals surface area contributed by atoms with Crippen molar-refractivity contribution in [1.82, 2.24) is 0 Å². The zero-order chi connectivity index (χ0) is 80.6. The van der Waals surface area contributed by atoms with Crippen molar-refractivity contribution >= 4 is 98.5 Å². The van der Waals surface area contributed by atoms with Crippen LogP contribution in [0.2, 0.25) is 15.1 Å². The predicted molar refractivity (Wildman–Crippen MR) is 469 cm³/mol. The molecule has 0 spiro atoms. The molecule has 0 bridgehead atoms. The summed E-state index contributed by atoms with van der Waals surface area (Å²) in [6.07, 6.45) is -4.26.